The van der Waals surface area contributed by atoms with Crippen LogP contribution in [-0.4, -0.2) is 30.7 Å². The van der Waals surface area contributed by atoms with Crippen LogP contribution in [0.25, 0.3) is 0 Å². The van der Waals surface area contributed by atoms with Crippen molar-refractivity contribution in [3.63, 3.8) is 0 Å². The van der Waals surface area contributed by atoms with Crippen LogP contribution < -0.4 is 20.9 Å². The van der Waals surface area contributed by atoms with Crippen LogP contribution in [0.2, 0.25) is 0 Å². The summed E-state index contributed by atoms with van der Waals surface area (Å²) < 4.78 is 31.2. The summed E-state index contributed by atoms with van der Waals surface area (Å²) >= 11 is 0. The van der Waals surface area contributed by atoms with Crippen molar-refractivity contribution in [3.8, 4) is 5.75 Å². The second-order valence-electron chi connectivity index (χ2n) is 6.20. The van der Waals surface area contributed by atoms with E-state index in [0.29, 0.717) is 31.2 Å². The van der Waals surface area contributed by atoms with Crippen LogP contribution in [0.4, 0.5) is 8.78 Å². The molecule has 2 rings (SSSR count). The first kappa shape index (κ1) is 24.9. The summed E-state index contributed by atoms with van der Waals surface area (Å²) in [6, 6.07) is 11.9. The maximum absolute atomic E-state index is 12.5. The first-order valence-corrected chi connectivity index (χ1v) is 9.15. The van der Waals surface area contributed by atoms with E-state index in [9.17, 15) is 13.6 Å². The number of pyridine rings is 1. The number of aliphatic imine (C=N–C) groups is 1. The lowest BCUT2D eigenvalue weighted by Crippen LogP contribution is -2.37. The molecule has 2 N–H and O–H groups in total. The normalized spacial score (nSPS) is 11.1. The number of hydrogen-bond acceptors (Lipinski definition) is 3. The van der Waals surface area contributed by atoms with Gasteiger partial charge in [0.1, 0.15) is 5.75 Å². The number of halogens is 3. The zero-order valence-corrected chi connectivity index (χ0v) is 18.9. The molecule has 0 aliphatic carbocycles. The average molecular weight is 520 g/mol. The van der Waals surface area contributed by atoms with E-state index in [1.54, 1.807) is 41.9 Å². The Labute approximate surface area is 186 Å². The number of aryl methyl sites for hydroxylation is 1. The molecule has 0 spiro atoms. The van der Waals surface area contributed by atoms with E-state index in [0.717, 1.165) is 18.5 Å². The van der Waals surface area contributed by atoms with E-state index < -0.39 is 6.61 Å². The van der Waals surface area contributed by atoms with Gasteiger partial charge in [-0.2, -0.15) is 8.78 Å². The summed E-state index contributed by atoms with van der Waals surface area (Å²) in [7, 11) is 1.64. The van der Waals surface area contributed by atoms with Gasteiger partial charge < -0.3 is 19.9 Å². The molecule has 0 bridgehead atoms. The second kappa shape index (κ2) is 13.1. The molecule has 0 aliphatic rings. The molecule has 0 atom stereocenters. The molecule has 0 aliphatic heterocycles. The van der Waals surface area contributed by atoms with Crippen molar-refractivity contribution in [2.75, 3.05) is 13.6 Å². The van der Waals surface area contributed by atoms with E-state index in [2.05, 4.69) is 20.4 Å². The molecule has 0 fully saturated rings. The van der Waals surface area contributed by atoms with Gasteiger partial charge in [-0.15, -0.1) is 24.0 Å². The van der Waals surface area contributed by atoms with Gasteiger partial charge in [-0.3, -0.25) is 9.79 Å². The number of aromatic nitrogens is 1. The van der Waals surface area contributed by atoms with Crippen LogP contribution in [0.5, 0.6) is 5.75 Å². The topological polar surface area (TPSA) is 67.7 Å². The van der Waals surface area contributed by atoms with Gasteiger partial charge >= 0.3 is 6.61 Å². The smallest absolute Gasteiger partial charge is 0.387 e. The number of para-hydroxylation sites is 1. The Hall–Kier alpha value is -2.17. The predicted octanol–water partition coefficient (Wildman–Crippen LogP) is 3.52. The Bertz CT molecular complexity index is 843. The van der Waals surface area contributed by atoms with Crippen molar-refractivity contribution in [2.45, 2.75) is 39.5 Å². The van der Waals surface area contributed by atoms with E-state index in [1.165, 1.54) is 6.07 Å². The highest BCUT2D eigenvalue weighted by molar-refractivity contribution is 14.0. The fraction of sp³-hybridized carbons (Fsp3) is 0.400. The molecule has 29 heavy (non-hydrogen) atoms. The number of guanidine groups is 1. The Morgan fingerprint density at radius 1 is 1.14 bits per heavy atom. The van der Waals surface area contributed by atoms with Crippen molar-refractivity contribution in [1.29, 1.82) is 0 Å². The minimum atomic E-state index is -2.86. The predicted molar refractivity (Wildman–Crippen MR) is 121 cm³/mol. The third-order valence-electron chi connectivity index (χ3n) is 4.23. The molecule has 9 heteroatoms. The minimum Gasteiger partial charge on any atom is -0.434 e. The first-order chi connectivity index (χ1) is 13.5. The molecule has 0 unspecified atom stereocenters. The van der Waals surface area contributed by atoms with E-state index in [4.69, 9.17) is 0 Å². The number of rotatable bonds is 9. The van der Waals surface area contributed by atoms with Crippen molar-refractivity contribution >= 4 is 29.9 Å². The van der Waals surface area contributed by atoms with E-state index in [-0.39, 0.29) is 35.3 Å². The van der Waals surface area contributed by atoms with E-state index >= 15 is 0 Å². The van der Waals surface area contributed by atoms with Crippen LogP contribution in [-0.2, 0) is 13.1 Å². The van der Waals surface area contributed by atoms with Crippen molar-refractivity contribution in [3.05, 3.63) is 64.1 Å². The highest BCUT2D eigenvalue weighted by atomic mass is 127. The molecule has 0 saturated heterocycles. The molecule has 0 radical (unpaired) electrons. The van der Waals surface area contributed by atoms with Gasteiger partial charge in [0.2, 0.25) is 0 Å². The SMILES string of the molecule is CN=C(NCCCCn1c(C)cccc1=O)NCc1ccccc1OC(F)F.I. The van der Waals surface area contributed by atoms with Crippen LogP contribution in [0, 0.1) is 6.92 Å². The first-order valence-electron chi connectivity index (χ1n) is 9.15. The van der Waals surface area contributed by atoms with Crippen molar-refractivity contribution in [1.82, 2.24) is 15.2 Å². The maximum atomic E-state index is 12.5. The third-order valence-corrected chi connectivity index (χ3v) is 4.23. The molecule has 0 saturated carbocycles. The Morgan fingerprint density at radius 3 is 2.59 bits per heavy atom. The highest BCUT2D eigenvalue weighted by Gasteiger charge is 2.09. The summed E-state index contributed by atoms with van der Waals surface area (Å²) in [5.74, 6) is 0.712. The Kier molecular flexibility index (Phi) is 11.3. The maximum Gasteiger partial charge on any atom is 0.387 e. The summed E-state index contributed by atoms with van der Waals surface area (Å²) in [5.41, 5.74) is 1.57. The van der Waals surface area contributed by atoms with Gasteiger partial charge in [0, 0.05) is 44.0 Å². The van der Waals surface area contributed by atoms with Crippen LogP contribution in [0.1, 0.15) is 24.1 Å². The molecular weight excluding hydrogens is 493 g/mol. The minimum absolute atomic E-state index is 0. The lowest BCUT2D eigenvalue weighted by atomic mass is 10.2. The zero-order valence-electron chi connectivity index (χ0n) is 16.5. The molecule has 2 aromatic rings. The second-order valence-corrected chi connectivity index (χ2v) is 6.20. The molecule has 6 nitrogen and oxygen atoms in total. The van der Waals surface area contributed by atoms with E-state index in [1.807, 2.05) is 13.0 Å². The highest BCUT2D eigenvalue weighted by Crippen LogP contribution is 2.19. The summed E-state index contributed by atoms with van der Waals surface area (Å²) in [4.78, 5) is 16.0. The number of hydrogen-bond donors (Lipinski definition) is 2. The average Bonchev–Trinajstić information content (AvgIpc) is 2.66. The number of ether oxygens (including phenoxy) is 1. The fourth-order valence-corrected chi connectivity index (χ4v) is 2.77. The summed E-state index contributed by atoms with van der Waals surface area (Å²) in [5, 5.41) is 6.26. The number of nitrogens with zero attached hydrogens (tertiary/aromatic N) is 2. The number of alkyl halides is 2. The van der Waals surface area contributed by atoms with Gasteiger partial charge in [-0.25, -0.2) is 0 Å². The van der Waals surface area contributed by atoms with Gasteiger partial charge in [-0.1, -0.05) is 24.3 Å². The van der Waals surface area contributed by atoms with Gasteiger partial charge in [-0.05, 0) is 31.9 Å². The monoisotopic (exact) mass is 520 g/mol. The van der Waals surface area contributed by atoms with Crippen LogP contribution in [0.15, 0.2) is 52.3 Å². The summed E-state index contributed by atoms with van der Waals surface area (Å²) in [6.07, 6.45) is 1.70. The largest absolute Gasteiger partial charge is 0.434 e. The third kappa shape index (κ3) is 8.38. The quantitative estimate of drug-likeness (QED) is 0.230. The Balaban J connectivity index is 0.00000420. The van der Waals surface area contributed by atoms with Gasteiger partial charge in [0.15, 0.2) is 5.96 Å². The molecule has 0 amide bonds. The number of unbranched alkanes of at least 4 members (excludes halogenated alkanes) is 1. The molecule has 1 aromatic carbocycles. The van der Waals surface area contributed by atoms with Crippen molar-refractivity contribution < 1.29 is 13.5 Å². The molecule has 160 valence electrons. The fourth-order valence-electron chi connectivity index (χ4n) is 2.77. The summed E-state index contributed by atoms with van der Waals surface area (Å²) in [6.45, 7) is 0.703. The number of benzene rings is 1. The zero-order chi connectivity index (χ0) is 20.4. The van der Waals surface area contributed by atoms with Crippen LogP contribution in [0.3, 0.4) is 0 Å². The molecular formula is C20H27F2IN4O2. The lowest BCUT2D eigenvalue weighted by Gasteiger charge is -2.14. The molecule has 1 aromatic heterocycles. The number of nitrogens with one attached hydrogen (secondary N) is 2. The Morgan fingerprint density at radius 2 is 1.90 bits per heavy atom. The van der Waals surface area contributed by atoms with Crippen molar-refractivity contribution in [2.24, 2.45) is 4.99 Å². The standard InChI is InChI=1S/C20H26F2N4O2.HI/c1-15-8-7-11-18(27)26(15)13-6-5-12-24-20(23-2)25-14-16-9-3-4-10-17(16)28-19(21)22;/h3-4,7-11,19H,5-6,12-14H2,1-2H3,(H2,23,24,25);1H. The van der Waals surface area contributed by atoms with Gasteiger partial charge in [0.25, 0.3) is 5.56 Å². The van der Waals surface area contributed by atoms with Crippen LogP contribution >= 0.6 is 24.0 Å². The molecule has 1 heterocycles. The lowest BCUT2D eigenvalue weighted by molar-refractivity contribution is -0.0504. The van der Waals surface area contributed by atoms with Gasteiger partial charge in [0.05, 0.1) is 0 Å².